The molecule has 23 heavy (non-hydrogen) atoms. The van der Waals surface area contributed by atoms with Gasteiger partial charge in [-0.1, -0.05) is 25.5 Å². The molecule has 0 spiro atoms. The number of carboxylic acid groups (broad SMARTS) is 1. The van der Waals surface area contributed by atoms with Gasteiger partial charge in [0, 0.05) is 0 Å². The summed E-state index contributed by atoms with van der Waals surface area (Å²) in [5, 5.41) is 9.85. The summed E-state index contributed by atoms with van der Waals surface area (Å²) < 4.78 is 5.18. The quantitative estimate of drug-likeness (QED) is 0.788. The Morgan fingerprint density at radius 2 is 2.22 bits per heavy atom. The predicted octanol–water partition coefficient (Wildman–Crippen LogP) is 5.08. The summed E-state index contributed by atoms with van der Waals surface area (Å²) in [6.07, 6.45) is 10.4. The second-order valence-corrected chi connectivity index (χ2v) is 8.05. The molecule has 0 aliphatic heterocycles. The van der Waals surface area contributed by atoms with Crippen molar-refractivity contribution in [2.24, 2.45) is 22.7 Å². The van der Waals surface area contributed by atoms with Gasteiger partial charge in [0.2, 0.25) is 0 Å². The standard InChI is InChI=1S/C20H28O3/c1-14-5-8-17-19(2,10-4-11-20(17,3)18(21)22)16(14)7-6-15-9-12-23-13-15/h9,12-13,16-17H,1,4-8,10-11H2,2-3H3,(H,21,22)/t16-,17+,19+,20+/m0/s1. The van der Waals surface area contributed by atoms with Gasteiger partial charge in [-0.3, -0.25) is 4.79 Å². The second-order valence-electron chi connectivity index (χ2n) is 8.05. The molecule has 2 aliphatic rings. The van der Waals surface area contributed by atoms with Gasteiger partial charge in [-0.2, -0.15) is 0 Å². The summed E-state index contributed by atoms with van der Waals surface area (Å²) >= 11 is 0. The summed E-state index contributed by atoms with van der Waals surface area (Å²) in [4.78, 5) is 12.0. The average molecular weight is 316 g/mol. The second kappa shape index (κ2) is 5.85. The Balaban J connectivity index is 1.86. The highest BCUT2D eigenvalue weighted by atomic mass is 16.4. The summed E-state index contributed by atoms with van der Waals surface area (Å²) in [5.41, 5.74) is 2.02. The van der Waals surface area contributed by atoms with Crippen molar-refractivity contribution in [2.45, 2.75) is 58.8 Å². The summed E-state index contributed by atoms with van der Waals surface area (Å²) in [5.74, 6) is 0.0470. The first-order valence-corrected chi connectivity index (χ1v) is 8.80. The molecule has 3 nitrogen and oxygen atoms in total. The minimum Gasteiger partial charge on any atom is -0.481 e. The van der Waals surface area contributed by atoms with Crippen molar-refractivity contribution >= 4 is 5.97 Å². The fourth-order valence-corrected chi connectivity index (χ4v) is 5.48. The van der Waals surface area contributed by atoms with E-state index in [0.29, 0.717) is 5.92 Å². The van der Waals surface area contributed by atoms with Gasteiger partial charge in [0.15, 0.2) is 0 Å². The Kier molecular flexibility index (Phi) is 4.16. The van der Waals surface area contributed by atoms with Crippen LogP contribution in [0.5, 0.6) is 0 Å². The number of carboxylic acids is 1. The molecule has 0 amide bonds. The smallest absolute Gasteiger partial charge is 0.309 e. The van der Waals surface area contributed by atoms with Gasteiger partial charge in [-0.05, 0) is 74.3 Å². The number of aliphatic carboxylic acids is 1. The van der Waals surface area contributed by atoms with Gasteiger partial charge in [0.05, 0.1) is 17.9 Å². The van der Waals surface area contributed by atoms with Crippen LogP contribution in [0.25, 0.3) is 0 Å². The van der Waals surface area contributed by atoms with Crippen LogP contribution in [-0.4, -0.2) is 11.1 Å². The Morgan fingerprint density at radius 1 is 1.43 bits per heavy atom. The van der Waals surface area contributed by atoms with Crippen LogP contribution < -0.4 is 0 Å². The molecule has 0 bridgehead atoms. The van der Waals surface area contributed by atoms with Crippen LogP contribution >= 0.6 is 0 Å². The topological polar surface area (TPSA) is 50.4 Å². The van der Waals surface area contributed by atoms with Crippen LogP contribution in [0.15, 0.2) is 35.2 Å². The average Bonchev–Trinajstić information content (AvgIpc) is 2.99. The van der Waals surface area contributed by atoms with Crippen molar-refractivity contribution in [1.82, 2.24) is 0 Å². The zero-order chi connectivity index (χ0) is 16.7. The van der Waals surface area contributed by atoms with Gasteiger partial charge in [-0.15, -0.1) is 0 Å². The van der Waals surface area contributed by atoms with E-state index >= 15 is 0 Å². The molecule has 126 valence electrons. The van der Waals surface area contributed by atoms with Crippen LogP contribution in [0.4, 0.5) is 0 Å². The maximum Gasteiger partial charge on any atom is 0.309 e. The maximum atomic E-state index is 12.0. The third kappa shape index (κ3) is 2.64. The fourth-order valence-electron chi connectivity index (χ4n) is 5.48. The molecular weight excluding hydrogens is 288 g/mol. The number of furan rings is 1. The molecule has 2 aliphatic carbocycles. The molecule has 0 saturated heterocycles. The highest BCUT2D eigenvalue weighted by molar-refractivity contribution is 5.75. The van der Waals surface area contributed by atoms with Crippen LogP contribution in [0.3, 0.4) is 0 Å². The van der Waals surface area contributed by atoms with E-state index in [-0.39, 0.29) is 11.3 Å². The lowest BCUT2D eigenvalue weighted by molar-refractivity contribution is -0.164. The Bertz CT molecular complexity index is 588. The molecule has 0 radical (unpaired) electrons. The van der Waals surface area contributed by atoms with E-state index in [1.54, 1.807) is 6.26 Å². The lowest BCUT2D eigenvalue weighted by atomic mass is 9.46. The number of carbonyl (C=O) groups is 1. The SMILES string of the molecule is C=C1CC[C@@H]2[C@](C)(CCC[C@@]2(C)C(=O)O)[C@H]1CCc1ccoc1. The zero-order valence-electron chi connectivity index (χ0n) is 14.3. The Morgan fingerprint density at radius 3 is 2.87 bits per heavy atom. The van der Waals surface area contributed by atoms with Crippen molar-refractivity contribution in [2.75, 3.05) is 0 Å². The monoisotopic (exact) mass is 316 g/mol. The normalized spacial score (nSPS) is 37.4. The number of hydrogen-bond acceptors (Lipinski definition) is 2. The number of allylic oxidation sites excluding steroid dienone is 1. The van der Waals surface area contributed by atoms with Gasteiger partial charge >= 0.3 is 5.97 Å². The Hall–Kier alpha value is -1.51. The molecule has 3 heteroatoms. The first kappa shape index (κ1) is 16.4. The van der Waals surface area contributed by atoms with Crippen LogP contribution in [-0.2, 0) is 11.2 Å². The molecule has 3 rings (SSSR count). The van der Waals surface area contributed by atoms with Crippen LogP contribution in [0, 0.1) is 22.7 Å². The highest BCUT2D eigenvalue weighted by Crippen LogP contribution is 2.61. The van der Waals surface area contributed by atoms with E-state index in [1.165, 1.54) is 11.1 Å². The van der Waals surface area contributed by atoms with Crippen molar-refractivity contribution in [3.8, 4) is 0 Å². The molecule has 4 atom stereocenters. The first-order valence-electron chi connectivity index (χ1n) is 8.80. The Labute approximate surface area is 138 Å². The molecule has 1 aromatic rings. The number of aryl methyl sites for hydroxylation is 1. The van der Waals surface area contributed by atoms with E-state index in [9.17, 15) is 9.90 Å². The molecular formula is C20H28O3. The van der Waals surface area contributed by atoms with Crippen LogP contribution in [0.1, 0.15) is 57.9 Å². The largest absolute Gasteiger partial charge is 0.481 e. The zero-order valence-corrected chi connectivity index (χ0v) is 14.3. The van der Waals surface area contributed by atoms with Crippen molar-refractivity contribution in [3.05, 3.63) is 36.3 Å². The van der Waals surface area contributed by atoms with E-state index in [1.807, 2.05) is 19.3 Å². The van der Waals surface area contributed by atoms with Gasteiger partial charge in [0.1, 0.15) is 0 Å². The predicted molar refractivity (Wildman–Crippen MR) is 90.1 cm³/mol. The maximum absolute atomic E-state index is 12.0. The summed E-state index contributed by atoms with van der Waals surface area (Å²) in [7, 11) is 0. The van der Waals surface area contributed by atoms with Crippen LogP contribution in [0.2, 0.25) is 0 Å². The molecule has 0 unspecified atom stereocenters. The molecule has 1 aromatic heterocycles. The van der Waals surface area contributed by atoms with Gasteiger partial charge < -0.3 is 9.52 Å². The highest BCUT2D eigenvalue weighted by Gasteiger charge is 2.57. The fraction of sp³-hybridized carbons (Fsp3) is 0.650. The lowest BCUT2D eigenvalue weighted by Gasteiger charge is -2.57. The minimum atomic E-state index is -0.616. The first-order chi connectivity index (χ1) is 10.9. The minimum absolute atomic E-state index is 0.0600. The summed E-state index contributed by atoms with van der Waals surface area (Å²) in [6, 6.07) is 2.02. The van der Waals surface area contributed by atoms with E-state index < -0.39 is 11.4 Å². The number of rotatable bonds is 4. The van der Waals surface area contributed by atoms with Crippen molar-refractivity contribution < 1.29 is 14.3 Å². The molecule has 2 saturated carbocycles. The van der Waals surface area contributed by atoms with E-state index in [0.717, 1.165) is 44.9 Å². The van der Waals surface area contributed by atoms with Gasteiger partial charge in [-0.25, -0.2) is 0 Å². The van der Waals surface area contributed by atoms with E-state index in [2.05, 4.69) is 13.5 Å². The lowest BCUT2D eigenvalue weighted by Crippen LogP contribution is -2.53. The van der Waals surface area contributed by atoms with Crippen molar-refractivity contribution in [3.63, 3.8) is 0 Å². The number of hydrogen-bond donors (Lipinski definition) is 1. The third-order valence-corrected chi connectivity index (χ3v) is 6.81. The summed E-state index contributed by atoms with van der Waals surface area (Å²) in [6.45, 7) is 8.65. The number of fused-ring (bicyclic) bond motifs is 1. The molecule has 2 fully saturated rings. The molecule has 0 aromatic carbocycles. The van der Waals surface area contributed by atoms with E-state index in [4.69, 9.17) is 4.42 Å². The molecule has 1 N–H and O–H groups in total. The molecule has 1 heterocycles. The van der Waals surface area contributed by atoms with Crippen molar-refractivity contribution in [1.29, 1.82) is 0 Å². The third-order valence-electron chi connectivity index (χ3n) is 6.81. The van der Waals surface area contributed by atoms with Gasteiger partial charge in [0.25, 0.3) is 0 Å².